The van der Waals surface area contributed by atoms with Gasteiger partial charge in [-0.15, -0.1) is 0 Å². The second-order valence-electron chi connectivity index (χ2n) is 4.98. The average molecular weight is 330 g/mol. The Hall–Kier alpha value is -1.15. The van der Waals surface area contributed by atoms with Crippen LogP contribution < -0.4 is 4.72 Å². The first-order valence-corrected chi connectivity index (χ1v) is 8.68. The summed E-state index contributed by atoms with van der Waals surface area (Å²) in [5.74, 6) is 0. The van der Waals surface area contributed by atoms with Gasteiger partial charge in [0, 0.05) is 19.3 Å². The molecule has 0 radical (unpaired) electrons. The average Bonchev–Trinajstić information content (AvgIpc) is 2.83. The molecule has 0 amide bonds. The molecule has 2 aromatic rings. The lowest BCUT2D eigenvalue weighted by atomic mass is 10.1. The van der Waals surface area contributed by atoms with E-state index in [-0.39, 0.29) is 22.8 Å². The van der Waals surface area contributed by atoms with Crippen molar-refractivity contribution in [2.75, 3.05) is 13.2 Å². The minimum Gasteiger partial charge on any atom is -0.377 e. The molecular weight excluding hydrogens is 314 g/mol. The molecule has 114 valence electrons. The maximum absolute atomic E-state index is 12.5. The van der Waals surface area contributed by atoms with Crippen molar-refractivity contribution in [2.45, 2.75) is 30.4 Å². The Bertz CT molecular complexity index is 738. The Morgan fingerprint density at radius 2 is 2.29 bits per heavy atom. The van der Waals surface area contributed by atoms with Gasteiger partial charge in [0.25, 0.3) is 10.0 Å². The van der Waals surface area contributed by atoms with E-state index < -0.39 is 10.0 Å². The lowest BCUT2D eigenvalue weighted by Crippen LogP contribution is -2.36. The van der Waals surface area contributed by atoms with Crippen LogP contribution in [0.4, 0.5) is 0 Å². The van der Waals surface area contributed by atoms with E-state index in [2.05, 4.69) is 9.71 Å². The summed E-state index contributed by atoms with van der Waals surface area (Å²) in [6.45, 7) is 0.932. The van der Waals surface area contributed by atoms with Crippen molar-refractivity contribution >= 4 is 27.3 Å². The number of pyridine rings is 1. The molecule has 8 heteroatoms. The van der Waals surface area contributed by atoms with Gasteiger partial charge in [0.15, 0.2) is 10.2 Å². The molecule has 2 aromatic heterocycles. The van der Waals surface area contributed by atoms with Gasteiger partial charge in [0.05, 0.1) is 6.10 Å². The molecule has 0 saturated carbocycles. The van der Waals surface area contributed by atoms with Gasteiger partial charge in [0.2, 0.25) is 0 Å². The van der Waals surface area contributed by atoms with Crippen LogP contribution in [0.1, 0.15) is 19.3 Å². The Labute approximate surface area is 128 Å². The van der Waals surface area contributed by atoms with E-state index in [0.29, 0.717) is 12.3 Å². The fourth-order valence-electron chi connectivity index (χ4n) is 2.42. The molecule has 1 aliphatic heterocycles. The van der Waals surface area contributed by atoms with E-state index in [1.54, 1.807) is 24.4 Å². The predicted molar refractivity (Wildman–Crippen MR) is 79.0 cm³/mol. The molecular formula is C13H16ClN3O3S. The highest BCUT2D eigenvalue weighted by Crippen LogP contribution is 2.22. The Kier molecular flexibility index (Phi) is 4.17. The molecule has 1 saturated heterocycles. The van der Waals surface area contributed by atoms with Gasteiger partial charge < -0.3 is 4.74 Å². The van der Waals surface area contributed by atoms with Crippen molar-refractivity contribution in [3.8, 4) is 0 Å². The fraction of sp³-hybridized carbons (Fsp3) is 0.462. The third-order valence-electron chi connectivity index (χ3n) is 3.48. The lowest BCUT2D eigenvalue weighted by Gasteiger charge is -2.22. The minimum absolute atomic E-state index is 0.0294. The van der Waals surface area contributed by atoms with Crippen LogP contribution in [0.3, 0.4) is 0 Å². The molecule has 0 aromatic carbocycles. The van der Waals surface area contributed by atoms with Crippen LogP contribution in [-0.2, 0) is 14.8 Å². The van der Waals surface area contributed by atoms with Crippen molar-refractivity contribution in [3.63, 3.8) is 0 Å². The van der Waals surface area contributed by atoms with Gasteiger partial charge in [-0.25, -0.2) is 18.1 Å². The van der Waals surface area contributed by atoms with E-state index in [1.807, 2.05) is 0 Å². The van der Waals surface area contributed by atoms with Crippen LogP contribution in [0.5, 0.6) is 0 Å². The molecule has 1 N–H and O–H groups in total. The maximum atomic E-state index is 12.5. The van der Waals surface area contributed by atoms with Crippen LogP contribution in [0, 0.1) is 0 Å². The van der Waals surface area contributed by atoms with Crippen molar-refractivity contribution < 1.29 is 13.2 Å². The Balaban J connectivity index is 1.84. The summed E-state index contributed by atoms with van der Waals surface area (Å²) < 4.78 is 34.5. The quantitative estimate of drug-likeness (QED) is 0.929. The van der Waals surface area contributed by atoms with Gasteiger partial charge in [-0.1, -0.05) is 17.7 Å². The fourth-order valence-corrected chi connectivity index (χ4v) is 4.13. The van der Waals surface area contributed by atoms with Crippen molar-refractivity contribution in [3.05, 3.63) is 29.5 Å². The van der Waals surface area contributed by atoms with Gasteiger partial charge in [-0.05, 0) is 31.4 Å². The third kappa shape index (κ3) is 3.06. The zero-order valence-corrected chi connectivity index (χ0v) is 12.9. The number of nitrogens with zero attached hydrogens (tertiary/aromatic N) is 2. The van der Waals surface area contributed by atoms with Crippen LogP contribution in [0.2, 0.25) is 5.15 Å². The Morgan fingerprint density at radius 1 is 1.43 bits per heavy atom. The standard InChI is InChI=1S/C13H16ClN3O3S/c14-12-13(17-7-3-1-6-11(17)16-12)21(18,19)15-9-10-5-2-4-8-20-10/h1,3,6-7,10,15H,2,4-5,8-9H2. The number of imidazole rings is 1. The lowest BCUT2D eigenvalue weighted by molar-refractivity contribution is 0.0200. The SMILES string of the molecule is O=S(=O)(NCC1CCCCO1)c1c(Cl)nc2ccccn12. The summed E-state index contributed by atoms with van der Waals surface area (Å²) in [6, 6.07) is 5.21. The Morgan fingerprint density at radius 3 is 3.05 bits per heavy atom. The molecule has 1 atom stereocenters. The molecule has 3 heterocycles. The first-order chi connectivity index (χ1) is 10.1. The first-order valence-electron chi connectivity index (χ1n) is 6.82. The number of halogens is 1. The molecule has 0 aliphatic carbocycles. The summed E-state index contributed by atoms with van der Waals surface area (Å²) in [7, 11) is -3.74. The first kappa shape index (κ1) is 14.8. The maximum Gasteiger partial charge on any atom is 0.259 e. The molecule has 6 nitrogen and oxygen atoms in total. The number of nitrogens with one attached hydrogen (secondary N) is 1. The van der Waals surface area contributed by atoms with Crippen LogP contribution in [-0.4, -0.2) is 37.1 Å². The van der Waals surface area contributed by atoms with E-state index in [1.165, 1.54) is 4.40 Å². The van der Waals surface area contributed by atoms with Crippen LogP contribution in [0.15, 0.2) is 29.4 Å². The third-order valence-corrected chi connectivity index (χ3v) is 5.30. The number of ether oxygens (including phenoxy) is 1. The zero-order valence-electron chi connectivity index (χ0n) is 11.3. The molecule has 0 bridgehead atoms. The molecule has 1 fully saturated rings. The van der Waals surface area contributed by atoms with Crippen molar-refractivity contribution in [2.24, 2.45) is 0 Å². The van der Waals surface area contributed by atoms with Crippen LogP contribution >= 0.6 is 11.6 Å². The summed E-state index contributed by atoms with van der Waals surface area (Å²) >= 11 is 5.99. The molecule has 3 rings (SSSR count). The predicted octanol–water partition coefficient (Wildman–Crippen LogP) is 1.84. The van der Waals surface area contributed by atoms with Gasteiger partial charge in [0.1, 0.15) is 5.65 Å². The highest BCUT2D eigenvalue weighted by Gasteiger charge is 2.25. The highest BCUT2D eigenvalue weighted by molar-refractivity contribution is 7.89. The second-order valence-corrected chi connectivity index (χ2v) is 7.02. The molecule has 21 heavy (non-hydrogen) atoms. The number of hydrogen-bond acceptors (Lipinski definition) is 4. The zero-order chi connectivity index (χ0) is 14.9. The van der Waals surface area contributed by atoms with Crippen LogP contribution in [0.25, 0.3) is 5.65 Å². The summed E-state index contributed by atoms with van der Waals surface area (Å²) in [5.41, 5.74) is 0.497. The number of aromatic nitrogens is 2. The number of hydrogen-bond donors (Lipinski definition) is 1. The summed E-state index contributed by atoms with van der Waals surface area (Å²) in [6.07, 6.45) is 4.50. The number of rotatable bonds is 4. The van der Waals surface area contributed by atoms with E-state index in [0.717, 1.165) is 19.3 Å². The van der Waals surface area contributed by atoms with Gasteiger partial charge >= 0.3 is 0 Å². The van der Waals surface area contributed by atoms with Gasteiger partial charge in [-0.3, -0.25) is 4.40 Å². The molecule has 0 spiro atoms. The number of sulfonamides is 1. The highest BCUT2D eigenvalue weighted by atomic mass is 35.5. The van der Waals surface area contributed by atoms with Gasteiger partial charge in [-0.2, -0.15) is 0 Å². The monoisotopic (exact) mass is 329 g/mol. The molecule has 1 aliphatic rings. The smallest absolute Gasteiger partial charge is 0.259 e. The van der Waals surface area contributed by atoms with E-state index in [9.17, 15) is 8.42 Å². The van der Waals surface area contributed by atoms with E-state index in [4.69, 9.17) is 16.3 Å². The topological polar surface area (TPSA) is 72.7 Å². The largest absolute Gasteiger partial charge is 0.377 e. The minimum atomic E-state index is -3.74. The summed E-state index contributed by atoms with van der Waals surface area (Å²) in [4.78, 5) is 4.05. The number of fused-ring (bicyclic) bond motifs is 1. The summed E-state index contributed by atoms with van der Waals surface area (Å²) in [5, 5.41) is -0.0613. The second kappa shape index (κ2) is 5.92. The van der Waals surface area contributed by atoms with Crippen molar-refractivity contribution in [1.82, 2.24) is 14.1 Å². The van der Waals surface area contributed by atoms with Crippen molar-refractivity contribution in [1.29, 1.82) is 0 Å². The normalized spacial score (nSPS) is 20.0. The molecule has 1 unspecified atom stereocenters. The van der Waals surface area contributed by atoms with E-state index >= 15 is 0 Å².